The molecule has 0 fully saturated rings. The van der Waals surface area contributed by atoms with E-state index < -0.39 is 18.0 Å². The van der Waals surface area contributed by atoms with Crippen molar-refractivity contribution in [3.8, 4) is 0 Å². The van der Waals surface area contributed by atoms with Crippen LogP contribution in [0.25, 0.3) is 0 Å². The molecule has 0 radical (unpaired) electrons. The first-order chi connectivity index (χ1) is 9.63. The Labute approximate surface area is 119 Å². The summed E-state index contributed by atoms with van der Waals surface area (Å²) in [6, 6.07) is 9.41. The van der Waals surface area contributed by atoms with Crippen molar-refractivity contribution in [3.05, 3.63) is 35.9 Å². The van der Waals surface area contributed by atoms with Gasteiger partial charge in [0.2, 0.25) is 0 Å². The number of ether oxygens (including phenoxy) is 2. The fraction of sp³-hybridized carbons (Fsp3) is 0.533. The molecular weight excluding hydrogens is 260 g/mol. The second-order valence-electron chi connectivity index (χ2n) is 4.68. The first kappa shape index (κ1) is 16.6. The van der Waals surface area contributed by atoms with Crippen LogP contribution in [0.1, 0.15) is 12.0 Å². The smallest absolute Gasteiger partial charge is 0.306 e. The molecule has 0 aliphatic rings. The molecule has 0 heterocycles. The summed E-state index contributed by atoms with van der Waals surface area (Å²) in [5.74, 6) is -1.51. The molecule has 0 aliphatic heterocycles. The zero-order chi connectivity index (χ0) is 14.8. The first-order valence-corrected chi connectivity index (χ1v) is 6.65. The quantitative estimate of drug-likeness (QED) is 0.633. The second-order valence-corrected chi connectivity index (χ2v) is 4.68. The zero-order valence-corrected chi connectivity index (χ0v) is 11.7. The Bertz CT molecular complexity index is 379. The summed E-state index contributed by atoms with van der Waals surface area (Å²) in [6.07, 6.45) is -0.195. The molecule has 1 aromatic carbocycles. The molecule has 0 spiro atoms. The predicted octanol–water partition coefficient (Wildman–Crippen LogP) is 1.34. The van der Waals surface area contributed by atoms with Crippen LogP contribution >= 0.6 is 0 Å². The van der Waals surface area contributed by atoms with E-state index in [9.17, 15) is 15.0 Å². The molecule has 5 heteroatoms. The third-order valence-corrected chi connectivity index (χ3v) is 2.97. The summed E-state index contributed by atoms with van der Waals surface area (Å²) < 4.78 is 10.0. The molecule has 2 atom stereocenters. The molecule has 2 N–H and O–H groups in total. The summed E-state index contributed by atoms with van der Waals surface area (Å²) in [7, 11) is 1.57. The molecule has 1 rings (SSSR count). The Balaban J connectivity index is 2.40. The van der Waals surface area contributed by atoms with Gasteiger partial charge in [-0.1, -0.05) is 30.3 Å². The van der Waals surface area contributed by atoms with E-state index in [4.69, 9.17) is 9.47 Å². The standard InChI is InChI=1S/C15H22O5/c1-19-7-8-20-11-14(16)10-13(15(17)18)9-12-5-3-2-4-6-12/h2-6,13-14,16H,7-11H2,1H3,(H,17,18). The number of aliphatic hydroxyl groups is 1. The first-order valence-electron chi connectivity index (χ1n) is 6.65. The van der Waals surface area contributed by atoms with Crippen molar-refractivity contribution in [3.63, 3.8) is 0 Å². The maximum absolute atomic E-state index is 11.2. The van der Waals surface area contributed by atoms with Gasteiger partial charge in [-0.15, -0.1) is 0 Å². The minimum atomic E-state index is -0.898. The normalized spacial score (nSPS) is 13.9. The maximum atomic E-state index is 11.2. The van der Waals surface area contributed by atoms with Gasteiger partial charge in [-0.25, -0.2) is 0 Å². The third kappa shape index (κ3) is 6.65. The van der Waals surface area contributed by atoms with Gasteiger partial charge in [0.1, 0.15) is 0 Å². The van der Waals surface area contributed by atoms with Crippen LogP contribution in [0, 0.1) is 5.92 Å². The van der Waals surface area contributed by atoms with Gasteiger partial charge in [-0.2, -0.15) is 0 Å². The molecular formula is C15H22O5. The van der Waals surface area contributed by atoms with Gasteiger partial charge in [0.25, 0.3) is 0 Å². The lowest BCUT2D eigenvalue weighted by Gasteiger charge is -2.17. The van der Waals surface area contributed by atoms with Crippen molar-refractivity contribution in [1.82, 2.24) is 0 Å². The van der Waals surface area contributed by atoms with E-state index >= 15 is 0 Å². The zero-order valence-electron chi connectivity index (χ0n) is 11.7. The molecule has 0 saturated carbocycles. The van der Waals surface area contributed by atoms with Gasteiger partial charge in [0.15, 0.2) is 0 Å². The number of benzene rings is 1. The Morgan fingerprint density at radius 1 is 1.25 bits per heavy atom. The van der Waals surface area contributed by atoms with Crippen molar-refractivity contribution >= 4 is 5.97 Å². The highest BCUT2D eigenvalue weighted by molar-refractivity contribution is 5.70. The topological polar surface area (TPSA) is 76.0 Å². The third-order valence-electron chi connectivity index (χ3n) is 2.97. The molecule has 112 valence electrons. The van der Waals surface area contributed by atoms with E-state index in [0.29, 0.717) is 19.6 Å². The molecule has 0 saturated heterocycles. The Kier molecular flexibility index (Phi) is 7.87. The molecule has 0 bridgehead atoms. The van der Waals surface area contributed by atoms with Gasteiger partial charge in [0, 0.05) is 7.11 Å². The van der Waals surface area contributed by atoms with Gasteiger partial charge in [-0.05, 0) is 18.4 Å². The highest BCUT2D eigenvalue weighted by atomic mass is 16.5. The van der Waals surface area contributed by atoms with E-state index in [1.165, 1.54) is 0 Å². The van der Waals surface area contributed by atoms with E-state index in [1.807, 2.05) is 30.3 Å². The van der Waals surface area contributed by atoms with Crippen LogP contribution in [-0.4, -0.2) is 49.2 Å². The number of aliphatic carboxylic acids is 1. The number of aliphatic hydroxyl groups excluding tert-OH is 1. The lowest BCUT2D eigenvalue weighted by molar-refractivity contribution is -0.143. The Morgan fingerprint density at radius 2 is 1.95 bits per heavy atom. The monoisotopic (exact) mass is 282 g/mol. The van der Waals surface area contributed by atoms with Crippen LogP contribution in [0.2, 0.25) is 0 Å². The highest BCUT2D eigenvalue weighted by Crippen LogP contribution is 2.15. The maximum Gasteiger partial charge on any atom is 0.306 e. The van der Waals surface area contributed by atoms with Crippen molar-refractivity contribution in [2.45, 2.75) is 18.9 Å². The van der Waals surface area contributed by atoms with Crippen LogP contribution < -0.4 is 0 Å². The van der Waals surface area contributed by atoms with Crippen LogP contribution in [0.5, 0.6) is 0 Å². The number of carbonyl (C=O) groups is 1. The fourth-order valence-electron chi connectivity index (χ4n) is 1.93. The number of carboxylic acids is 1. The van der Waals surface area contributed by atoms with Crippen LogP contribution in [-0.2, 0) is 20.7 Å². The van der Waals surface area contributed by atoms with Crippen LogP contribution in [0.15, 0.2) is 30.3 Å². The second kappa shape index (κ2) is 9.47. The van der Waals surface area contributed by atoms with Crippen LogP contribution in [0.3, 0.4) is 0 Å². The summed E-state index contributed by atoms with van der Waals surface area (Å²) in [5.41, 5.74) is 0.951. The van der Waals surface area contributed by atoms with Crippen LogP contribution in [0.4, 0.5) is 0 Å². The highest BCUT2D eigenvalue weighted by Gasteiger charge is 2.22. The van der Waals surface area contributed by atoms with Gasteiger partial charge >= 0.3 is 5.97 Å². The van der Waals surface area contributed by atoms with E-state index in [1.54, 1.807) is 7.11 Å². The summed E-state index contributed by atoms with van der Waals surface area (Å²) >= 11 is 0. The van der Waals surface area contributed by atoms with Crippen molar-refractivity contribution < 1.29 is 24.5 Å². The number of rotatable bonds is 10. The Hall–Kier alpha value is -1.43. The number of methoxy groups -OCH3 is 1. The minimum Gasteiger partial charge on any atom is -0.481 e. The number of hydrogen-bond donors (Lipinski definition) is 2. The molecule has 0 aliphatic carbocycles. The fourth-order valence-corrected chi connectivity index (χ4v) is 1.93. The van der Waals surface area contributed by atoms with Crippen molar-refractivity contribution in [2.75, 3.05) is 26.9 Å². The minimum absolute atomic E-state index is 0.127. The van der Waals surface area contributed by atoms with E-state index in [2.05, 4.69) is 0 Å². The van der Waals surface area contributed by atoms with E-state index in [-0.39, 0.29) is 13.0 Å². The average Bonchev–Trinajstić information content (AvgIpc) is 2.44. The summed E-state index contributed by atoms with van der Waals surface area (Å²) in [6.45, 7) is 0.977. The lowest BCUT2D eigenvalue weighted by atomic mass is 9.94. The van der Waals surface area contributed by atoms with Gasteiger partial charge in [0.05, 0.1) is 31.8 Å². The summed E-state index contributed by atoms with van der Waals surface area (Å²) in [4.78, 5) is 11.2. The van der Waals surface area contributed by atoms with Gasteiger partial charge in [-0.3, -0.25) is 4.79 Å². The van der Waals surface area contributed by atoms with Gasteiger partial charge < -0.3 is 19.7 Å². The SMILES string of the molecule is COCCOCC(O)CC(Cc1ccccc1)C(=O)O. The number of carboxylic acid groups (broad SMARTS) is 1. The molecule has 0 aromatic heterocycles. The Morgan fingerprint density at radius 3 is 2.55 bits per heavy atom. The van der Waals surface area contributed by atoms with Crippen molar-refractivity contribution in [2.24, 2.45) is 5.92 Å². The molecule has 2 unspecified atom stereocenters. The predicted molar refractivity (Wildman–Crippen MR) is 74.6 cm³/mol. The molecule has 20 heavy (non-hydrogen) atoms. The lowest BCUT2D eigenvalue weighted by Crippen LogP contribution is -2.26. The molecule has 1 aromatic rings. The van der Waals surface area contributed by atoms with E-state index in [0.717, 1.165) is 5.56 Å². The average molecular weight is 282 g/mol. The number of hydrogen-bond acceptors (Lipinski definition) is 4. The summed E-state index contributed by atoms with van der Waals surface area (Å²) in [5, 5.41) is 19.0. The largest absolute Gasteiger partial charge is 0.481 e. The molecule has 5 nitrogen and oxygen atoms in total. The molecule has 0 amide bonds. The van der Waals surface area contributed by atoms with Crippen molar-refractivity contribution in [1.29, 1.82) is 0 Å².